The van der Waals surface area contributed by atoms with Crippen molar-refractivity contribution in [3.63, 3.8) is 0 Å². The Hall–Kier alpha value is -2.37. The molecule has 5 nitrogen and oxygen atoms in total. The van der Waals surface area contributed by atoms with Crippen molar-refractivity contribution in [2.45, 2.75) is 45.5 Å². The summed E-state index contributed by atoms with van der Waals surface area (Å²) < 4.78 is 5.53. The van der Waals surface area contributed by atoms with Gasteiger partial charge in [-0.25, -0.2) is 4.79 Å². The van der Waals surface area contributed by atoms with E-state index >= 15 is 0 Å². The van der Waals surface area contributed by atoms with E-state index in [2.05, 4.69) is 0 Å². The summed E-state index contributed by atoms with van der Waals surface area (Å²) in [6.45, 7) is 4.38. The van der Waals surface area contributed by atoms with Crippen LogP contribution in [0.5, 0.6) is 0 Å². The summed E-state index contributed by atoms with van der Waals surface area (Å²) in [4.78, 5) is 27.3. The van der Waals surface area contributed by atoms with Crippen molar-refractivity contribution in [3.05, 3.63) is 71.3 Å². The first-order valence-electron chi connectivity index (χ1n) is 9.30. The molecule has 1 amide bonds. The summed E-state index contributed by atoms with van der Waals surface area (Å²) in [5.74, 6) is -0.602. The van der Waals surface area contributed by atoms with E-state index in [0.717, 1.165) is 16.7 Å². The number of amides is 1. The average Bonchev–Trinajstić information content (AvgIpc) is 2.70. The second-order valence-corrected chi connectivity index (χ2v) is 7.32. The zero-order chi connectivity index (χ0) is 19.4. The number of nitrogens with two attached hydrogens (primary N) is 1. The third-order valence-corrected chi connectivity index (χ3v) is 5.03. The van der Waals surface area contributed by atoms with E-state index in [-0.39, 0.29) is 30.8 Å². The van der Waals surface area contributed by atoms with Crippen LogP contribution in [0.25, 0.3) is 0 Å². The Balaban J connectivity index is 0.00000280. The zero-order valence-electron chi connectivity index (χ0n) is 16.2. The molecule has 0 aliphatic carbocycles. The molecule has 150 valence electrons. The average molecular weight is 403 g/mol. The molecule has 0 spiro atoms. The van der Waals surface area contributed by atoms with E-state index in [9.17, 15) is 9.59 Å². The molecule has 0 saturated heterocycles. The number of carbonyl (C=O) groups is 2. The second-order valence-electron chi connectivity index (χ2n) is 7.32. The van der Waals surface area contributed by atoms with Gasteiger partial charge in [0.05, 0.1) is 6.04 Å². The number of esters is 1. The van der Waals surface area contributed by atoms with Gasteiger partial charge in [0, 0.05) is 13.0 Å². The summed E-state index contributed by atoms with van der Waals surface area (Å²) in [5.41, 5.74) is 9.13. The van der Waals surface area contributed by atoms with Gasteiger partial charge in [0.2, 0.25) is 5.91 Å². The lowest BCUT2D eigenvalue weighted by atomic mass is 9.92. The molecule has 2 aromatic rings. The quantitative estimate of drug-likeness (QED) is 0.780. The lowest BCUT2D eigenvalue weighted by Gasteiger charge is -2.37. The van der Waals surface area contributed by atoms with Crippen molar-refractivity contribution >= 4 is 24.3 Å². The molecular formula is C22H27ClN2O3. The summed E-state index contributed by atoms with van der Waals surface area (Å²) in [5, 5.41) is 0. The van der Waals surface area contributed by atoms with E-state index in [1.54, 1.807) is 4.90 Å². The Bertz CT molecular complexity index is 810. The smallest absolute Gasteiger partial charge is 0.329 e. The molecule has 0 aromatic heterocycles. The highest BCUT2D eigenvalue weighted by molar-refractivity contribution is 5.88. The lowest BCUT2D eigenvalue weighted by molar-refractivity contribution is -0.158. The van der Waals surface area contributed by atoms with Gasteiger partial charge in [-0.15, -0.1) is 12.4 Å². The molecule has 0 saturated carbocycles. The fourth-order valence-corrected chi connectivity index (χ4v) is 3.27. The van der Waals surface area contributed by atoms with Crippen molar-refractivity contribution in [2.75, 3.05) is 0 Å². The molecule has 0 fully saturated rings. The third kappa shape index (κ3) is 4.91. The molecular weight excluding hydrogens is 376 g/mol. The first-order valence-corrected chi connectivity index (χ1v) is 9.30. The molecule has 1 heterocycles. The Morgan fingerprint density at radius 2 is 1.68 bits per heavy atom. The van der Waals surface area contributed by atoms with Gasteiger partial charge < -0.3 is 15.4 Å². The number of hydrogen-bond donors (Lipinski definition) is 1. The number of hydrogen-bond acceptors (Lipinski definition) is 4. The van der Waals surface area contributed by atoms with Crippen LogP contribution >= 0.6 is 12.4 Å². The molecule has 6 heteroatoms. The summed E-state index contributed by atoms with van der Waals surface area (Å²) in [7, 11) is 0. The van der Waals surface area contributed by atoms with Gasteiger partial charge in [-0.05, 0) is 22.6 Å². The van der Waals surface area contributed by atoms with Crippen LogP contribution in [0, 0.1) is 5.92 Å². The van der Waals surface area contributed by atoms with Crippen molar-refractivity contribution in [2.24, 2.45) is 11.7 Å². The number of rotatable bonds is 5. The maximum Gasteiger partial charge on any atom is 0.329 e. The Morgan fingerprint density at radius 3 is 2.32 bits per heavy atom. The molecule has 2 atom stereocenters. The van der Waals surface area contributed by atoms with E-state index in [1.807, 2.05) is 68.4 Å². The van der Waals surface area contributed by atoms with Crippen LogP contribution < -0.4 is 5.73 Å². The zero-order valence-corrected chi connectivity index (χ0v) is 17.0. The van der Waals surface area contributed by atoms with E-state index in [4.69, 9.17) is 10.5 Å². The van der Waals surface area contributed by atoms with Gasteiger partial charge in [-0.1, -0.05) is 68.4 Å². The molecule has 2 aromatic carbocycles. The summed E-state index contributed by atoms with van der Waals surface area (Å²) in [6, 6.07) is 16.1. The van der Waals surface area contributed by atoms with Gasteiger partial charge in [-0.3, -0.25) is 4.79 Å². The predicted molar refractivity (Wildman–Crippen MR) is 111 cm³/mol. The Labute approximate surface area is 172 Å². The largest absolute Gasteiger partial charge is 0.459 e. The first kappa shape index (κ1) is 21.9. The molecule has 0 bridgehead atoms. The van der Waals surface area contributed by atoms with Crippen molar-refractivity contribution in [1.82, 2.24) is 4.90 Å². The number of ether oxygens (including phenoxy) is 1. The van der Waals surface area contributed by atoms with Gasteiger partial charge in [0.25, 0.3) is 0 Å². The van der Waals surface area contributed by atoms with Gasteiger partial charge in [0.15, 0.2) is 0 Å². The van der Waals surface area contributed by atoms with Crippen LogP contribution in [0.1, 0.15) is 30.5 Å². The van der Waals surface area contributed by atoms with Crippen molar-refractivity contribution < 1.29 is 14.3 Å². The lowest BCUT2D eigenvalue weighted by Crippen LogP contribution is -2.55. The second kappa shape index (κ2) is 9.71. The Morgan fingerprint density at radius 1 is 1.07 bits per heavy atom. The third-order valence-electron chi connectivity index (χ3n) is 5.03. The molecule has 28 heavy (non-hydrogen) atoms. The highest BCUT2D eigenvalue weighted by atomic mass is 35.5. The van der Waals surface area contributed by atoms with E-state index < -0.39 is 18.1 Å². The van der Waals surface area contributed by atoms with Crippen LogP contribution in [0.3, 0.4) is 0 Å². The standard InChI is InChI=1S/C22H26N2O3.ClH/c1-15(2)20(23)21(25)24-13-18-11-7-6-10-17(18)12-19(24)22(26)27-14-16-8-4-3-5-9-16;/h3-11,15,19-20H,12-14,23H2,1-2H3;1H/t19?,20-;/m1./s1. The molecule has 1 aliphatic heterocycles. The van der Waals surface area contributed by atoms with E-state index in [0.29, 0.717) is 13.0 Å². The maximum atomic E-state index is 12.9. The van der Waals surface area contributed by atoms with Crippen LogP contribution in [-0.4, -0.2) is 28.9 Å². The SMILES string of the molecule is CC(C)[C@@H](N)C(=O)N1Cc2ccccc2CC1C(=O)OCc1ccccc1.Cl. The molecule has 0 radical (unpaired) electrons. The first-order chi connectivity index (χ1) is 13.0. The molecule has 1 aliphatic rings. The van der Waals surface area contributed by atoms with Crippen molar-refractivity contribution in [3.8, 4) is 0 Å². The fraction of sp³-hybridized carbons (Fsp3) is 0.364. The summed E-state index contributed by atoms with van der Waals surface area (Å²) in [6.07, 6.45) is 0.445. The Kier molecular flexibility index (Phi) is 7.61. The normalized spacial score (nSPS) is 16.7. The highest BCUT2D eigenvalue weighted by Crippen LogP contribution is 2.25. The minimum absolute atomic E-state index is 0. The van der Waals surface area contributed by atoms with Crippen LogP contribution in [0.2, 0.25) is 0 Å². The number of nitrogens with zero attached hydrogens (tertiary/aromatic N) is 1. The highest BCUT2D eigenvalue weighted by Gasteiger charge is 2.38. The minimum atomic E-state index is -0.652. The van der Waals surface area contributed by atoms with Gasteiger partial charge in [0.1, 0.15) is 12.6 Å². The summed E-state index contributed by atoms with van der Waals surface area (Å²) >= 11 is 0. The monoisotopic (exact) mass is 402 g/mol. The molecule has 1 unspecified atom stereocenters. The van der Waals surface area contributed by atoms with Crippen LogP contribution in [0.4, 0.5) is 0 Å². The predicted octanol–water partition coefficient (Wildman–Crippen LogP) is 3.09. The van der Waals surface area contributed by atoms with Crippen LogP contribution in [0.15, 0.2) is 54.6 Å². The fourth-order valence-electron chi connectivity index (χ4n) is 3.27. The van der Waals surface area contributed by atoms with Crippen LogP contribution in [-0.2, 0) is 33.9 Å². The van der Waals surface area contributed by atoms with Gasteiger partial charge in [-0.2, -0.15) is 0 Å². The molecule has 2 N–H and O–H groups in total. The minimum Gasteiger partial charge on any atom is -0.459 e. The van der Waals surface area contributed by atoms with E-state index in [1.165, 1.54) is 0 Å². The topological polar surface area (TPSA) is 72.6 Å². The maximum absolute atomic E-state index is 12.9. The number of halogens is 1. The number of benzene rings is 2. The number of carbonyl (C=O) groups excluding carboxylic acids is 2. The number of fused-ring (bicyclic) bond motifs is 1. The van der Waals surface area contributed by atoms with Gasteiger partial charge >= 0.3 is 5.97 Å². The molecule has 3 rings (SSSR count). The van der Waals surface area contributed by atoms with Crippen molar-refractivity contribution in [1.29, 1.82) is 0 Å².